The molecule has 1 aromatic rings. The van der Waals surface area contributed by atoms with E-state index in [0.717, 1.165) is 76.4 Å². The van der Waals surface area contributed by atoms with Crippen LogP contribution in [0.4, 0.5) is 0 Å². The van der Waals surface area contributed by atoms with E-state index >= 15 is 0 Å². The van der Waals surface area contributed by atoms with E-state index in [9.17, 15) is 19.2 Å². The van der Waals surface area contributed by atoms with Crippen molar-refractivity contribution in [2.45, 2.75) is 165 Å². The first-order valence-electron chi connectivity index (χ1n) is 25.0. The molecule has 5 heterocycles. The van der Waals surface area contributed by atoms with Crippen LogP contribution in [0, 0.1) is 54.3 Å². The molecule has 1 aromatic heterocycles. The van der Waals surface area contributed by atoms with Crippen LogP contribution in [-0.2, 0) is 23.9 Å². The number of esters is 2. The lowest BCUT2D eigenvalue weighted by atomic mass is 9.84. The summed E-state index contributed by atoms with van der Waals surface area (Å²) in [4.78, 5) is 58.4. The molecule has 2 saturated heterocycles. The first-order valence-corrected chi connectivity index (χ1v) is 25.0. The van der Waals surface area contributed by atoms with E-state index < -0.39 is 17.9 Å². The van der Waals surface area contributed by atoms with Gasteiger partial charge in [-0.25, -0.2) is 0 Å². The number of ether oxygens (including phenoxy) is 2. The Kier molecular flexibility index (Phi) is 16.7. The number of rotatable bonds is 20. The van der Waals surface area contributed by atoms with E-state index in [-0.39, 0.29) is 60.3 Å². The Hall–Kier alpha value is -4.60. The van der Waals surface area contributed by atoms with Gasteiger partial charge in [-0.1, -0.05) is 105 Å². The van der Waals surface area contributed by atoms with Crippen LogP contribution < -0.4 is 16.0 Å². The number of allylic oxidation sites excluding steroid dienone is 5. The van der Waals surface area contributed by atoms with Crippen LogP contribution in [-0.4, -0.2) is 54.3 Å². The molecule has 9 atom stereocenters. The molecule has 1 aliphatic carbocycles. The minimum absolute atomic E-state index is 0.0189. The predicted octanol–water partition coefficient (Wildman–Crippen LogP) is 11.2. The van der Waals surface area contributed by atoms with Crippen LogP contribution in [0.3, 0.4) is 0 Å². The topological polar surface area (TPSA) is 139 Å². The number of Topliss-reactive ketones (excluding diaryl/α,β-unsaturated/α-hetero) is 2. The summed E-state index contributed by atoms with van der Waals surface area (Å²) < 4.78 is 11.1. The van der Waals surface area contributed by atoms with Gasteiger partial charge in [0.25, 0.3) is 0 Å². The number of fused-ring (bicyclic) bond motifs is 7. The lowest BCUT2D eigenvalue weighted by molar-refractivity contribution is -0.146. The number of methoxy groups -OCH3 is 1. The maximum absolute atomic E-state index is 14.5. The molecule has 10 nitrogen and oxygen atoms in total. The fourth-order valence-electron chi connectivity index (χ4n) is 11.4. The van der Waals surface area contributed by atoms with Gasteiger partial charge in [0.05, 0.1) is 18.8 Å². The van der Waals surface area contributed by atoms with E-state index in [1.807, 2.05) is 26.0 Å². The first kappa shape index (κ1) is 49.8. The lowest BCUT2D eigenvalue weighted by Crippen LogP contribution is -2.32. The van der Waals surface area contributed by atoms with Gasteiger partial charge in [-0.3, -0.25) is 19.2 Å². The molecular weight excluding hydrogens is 813 g/mol. The Morgan fingerprint density at radius 2 is 1.51 bits per heavy atom. The van der Waals surface area contributed by atoms with Gasteiger partial charge in [-0.15, -0.1) is 0 Å². The monoisotopic (exact) mass is 893 g/mol. The van der Waals surface area contributed by atoms with Crippen LogP contribution in [0.2, 0.25) is 0 Å². The third kappa shape index (κ3) is 11.2. The zero-order valence-corrected chi connectivity index (χ0v) is 41.7. The summed E-state index contributed by atoms with van der Waals surface area (Å²) in [5, 5.41) is 11.2. The molecule has 356 valence electrons. The maximum atomic E-state index is 14.5. The summed E-state index contributed by atoms with van der Waals surface area (Å²) in [6.07, 6.45) is 21.2. The lowest BCUT2D eigenvalue weighted by Gasteiger charge is -2.23. The standard InChI is InChI=1S/C55H80N4O6/c1-13-39-34(7)41-29-46-48(38(11)60)36(9)43(57-46)27-42-35(8)40(52(58-42)50-51(55(63)64-12)54(62)49-37(10)44(59-53(49)50)28-45(39)56-41)23-24-47(61)65-26-25-33(6)22-16-21-32(5)20-15-19-31(4)18-14-17-30(2)3/h25,27-32,34-35,39-40,45,51,53,56-59H,13-24,26H2,1-12H3/b33-25+,41-29-,42-27-,44-28-,52-50-/t31-,32-,34-,35+,39-,40+,45?,51-,53+/m1/s1. The van der Waals surface area contributed by atoms with Crippen molar-refractivity contribution < 1.29 is 28.7 Å². The normalized spacial score (nSPS) is 29.3. The zero-order chi connectivity index (χ0) is 47.3. The summed E-state index contributed by atoms with van der Waals surface area (Å²) in [5.74, 6) is 0.140. The van der Waals surface area contributed by atoms with Crippen molar-refractivity contribution in [3.63, 3.8) is 0 Å². The van der Waals surface area contributed by atoms with Crippen molar-refractivity contribution in [2.75, 3.05) is 13.7 Å². The highest BCUT2D eigenvalue weighted by Crippen LogP contribution is 2.48. The van der Waals surface area contributed by atoms with Gasteiger partial charge in [0, 0.05) is 69.8 Å². The third-order valence-electron chi connectivity index (χ3n) is 15.5. The van der Waals surface area contributed by atoms with Gasteiger partial charge in [-0.05, 0) is 112 Å². The Labute approximate surface area is 390 Å². The molecule has 4 N–H and O–H groups in total. The van der Waals surface area contributed by atoms with Crippen molar-refractivity contribution in [1.82, 2.24) is 20.9 Å². The van der Waals surface area contributed by atoms with Gasteiger partial charge in [0.1, 0.15) is 12.5 Å². The van der Waals surface area contributed by atoms with Crippen molar-refractivity contribution in [1.29, 1.82) is 0 Å². The smallest absolute Gasteiger partial charge is 0.320 e. The maximum Gasteiger partial charge on any atom is 0.320 e. The SMILES string of the molecule is CC[C@H]1C2/C=C3\N[C@H]4C(=C3C)C(=O)[C@H](C(=O)OC)/C4=C3/N/C(=C\c4[nH]c(c(C(C)=O)c4C)/C=C(\N2)[C@@H]1C)[C@@H](C)[C@@H]3CCC(=O)OC/C=C(\C)CCC[C@H](C)CCC[C@H](C)CCCC(C)C. The van der Waals surface area contributed by atoms with Crippen molar-refractivity contribution in [3.05, 3.63) is 79.7 Å². The number of carbonyl (C=O) groups is 4. The molecule has 0 radical (unpaired) electrons. The second-order valence-corrected chi connectivity index (χ2v) is 20.8. The third-order valence-corrected chi connectivity index (χ3v) is 15.5. The number of ketones is 2. The van der Waals surface area contributed by atoms with Gasteiger partial charge >= 0.3 is 11.9 Å². The van der Waals surface area contributed by atoms with Gasteiger partial charge < -0.3 is 30.4 Å². The molecule has 65 heavy (non-hydrogen) atoms. The Bertz CT molecular complexity index is 2160. The number of aromatic nitrogens is 1. The molecule has 1 unspecified atom stereocenters. The molecule has 8 bridgehead atoms. The average molecular weight is 893 g/mol. The van der Waals surface area contributed by atoms with E-state index in [4.69, 9.17) is 9.47 Å². The fraction of sp³-hybridized carbons (Fsp3) is 0.636. The van der Waals surface area contributed by atoms with E-state index in [1.54, 1.807) is 6.92 Å². The average Bonchev–Trinajstić information content (AvgIpc) is 4.00. The molecule has 0 spiro atoms. The van der Waals surface area contributed by atoms with Crippen LogP contribution >= 0.6 is 0 Å². The molecule has 5 aliphatic rings. The number of hydrogen-bond acceptors (Lipinski definition) is 9. The highest BCUT2D eigenvalue weighted by Gasteiger charge is 2.54. The molecule has 4 aliphatic heterocycles. The number of aromatic amines is 1. The molecular formula is C55H80N4O6. The van der Waals surface area contributed by atoms with Crippen molar-refractivity contribution in [3.8, 4) is 0 Å². The van der Waals surface area contributed by atoms with E-state index in [2.05, 4.69) is 88.5 Å². The highest BCUT2D eigenvalue weighted by molar-refractivity contribution is 6.16. The number of hydrogen-bond donors (Lipinski definition) is 4. The van der Waals surface area contributed by atoms with Crippen LogP contribution in [0.25, 0.3) is 12.2 Å². The summed E-state index contributed by atoms with van der Waals surface area (Å²) in [6.45, 7) is 23.8. The van der Waals surface area contributed by atoms with Crippen LogP contribution in [0.5, 0.6) is 0 Å². The zero-order valence-electron chi connectivity index (χ0n) is 41.7. The van der Waals surface area contributed by atoms with Crippen LogP contribution in [0.15, 0.2) is 57.2 Å². The molecule has 0 aromatic carbocycles. The molecule has 10 heteroatoms. The Morgan fingerprint density at radius 1 is 0.846 bits per heavy atom. The van der Waals surface area contributed by atoms with Gasteiger partial charge in [0.2, 0.25) is 0 Å². The molecule has 3 fully saturated rings. The minimum atomic E-state index is -1.12. The van der Waals surface area contributed by atoms with Gasteiger partial charge in [0.15, 0.2) is 11.6 Å². The van der Waals surface area contributed by atoms with E-state index in [0.29, 0.717) is 29.0 Å². The second kappa shape index (κ2) is 21.8. The number of H-pyrrole nitrogens is 1. The summed E-state index contributed by atoms with van der Waals surface area (Å²) in [7, 11) is 1.32. The molecule has 0 amide bonds. The Morgan fingerprint density at radius 3 is 2.15 bits per heavy atom. The predicted molar refractivity (Wildman–Crippen MR) is 261 cm³/mol. The highest BCUT2D eigenvalue weighted by atomic mass is 16.5. The largest absolute Gasteiger partial charge is 0.468 e. The minimum Gasteiger partial charge on any atom is -0.468 e. The number of nitrogens with one attached hydrogen (secondary N) is 4. The Balaban J connectivity index is 1.20. The fourth-order valence-corrected chi connectivity index (χ4v) is 11.4. The summed E-state index contributed by atoms with van der Waals surface area (Å²) >= 11 is 0. The van der Waals surface area contributed by atoms with Gasteiger partial charge in [-0.2, -0.15) is 0 Å². The quantitative estimate of drug-likeness (QED) is 0.0436. The first-order chi connectivity index (χ1) is 30.9. The summed E-state index contributed by atoms with van der Waals surface area (Å²) in [6, 6.07) is -0.560. The van der Waals surface area contributed by atoms with Crippen molar-refractivity contribution >= 4 is 35.7 Å². The summed E-state index contributed by atoms with van der Waals surface area (Å²) in [5.41, 5.74) is 9.92. The number of carbonyl (C=O) groups excluding carboxylic acids is 4. The van der Waals surface area contributed by atoms with E-state index in [1.165, 1.54) is 57.6 Å². The van der Waals surface area contributed by atoms with Crippen LogP contribution in [0.1, 0.15) is 174 Å². The van der Waals surface area contributed by atoms with Crippen molar-refractivity contribution in [2.24, 2.45) is 47.3 Å². The molecule has 6 rings (SSSR count). The molecule has 1 saturated carbocycles. The second-order valence-electron chi connectivity index (χ2n) is 20.8.